The van der Waals surface area contributed by atoms with Gasteiger partial charge in [-0.2, -0.15) is 0 Å². The minimum Gasteiger partial charge on any atom is -1.00 e. The molecule has 258 valence electrons. The molecule has 47 heavy (non-hydrogen) atoms. The van der Waals surface area contributed by atoms with Crippen molar-refractivity contribution < 1.29 is 47.6 Å². The maximum Gasteiger partial charge on any atom is 0.265 e. The normalized spacial score (nSPS) is 10.7. The van der Waals surface area contributed by atoms with Crippen molar-refractivity contribution in [1.82, 2.24) is 4.90 Å². The molecule has 3 aromatic rings. The number of methoxy groups -OCH3 is 1. The molecule has 0 aliphatic rings. The molecule has 0 spiro atoms. The number of aryl methyl sites for hydroxylation is 1. The molecule has 0 bridgehead atoms. The van der Waals surface area contributed by atoms with Gasteiger partial charge < -0.3 is 33.5 Å². The third-order valence-corrected chi connectivity index (χ3v) is 8.75. The second-order valence-corrected chi connectivity index (χ2v) is 12.4. The summed E-state index contributed by atoms with van der Waals surface area (Å²) in [6.45, 7) is 5.67. The molecule has 0 unspecified atom stereocenters. The van der Waals surface area contributed by atoms with Crippen molar-refractivity contribution in [2.75, 3.05) is 13.7 Å². The van der Waals surface area contributed by atoms with E-state index < -0.39 is 11.8 Å². The maximum absolute atomic E-state index is 13.9. The zero-order valence-electron chi connectivity index (χ0n) is 28.7. The number of ether oxygens (including phenoxy) is 2. The minimum absolute atomic E-state index is 0. The Kier molecular flexibility index (Phi) is 20.4. The smallest absolute Gasteiger partial charge is 0.265 e. The monoisotopic (exact) mass is 776 g/mol. The van der Waals surface area contributed by atoms with Crippen molar-refractivity contribution in [2.24, 2.45) is 0 Å². The van der Waals surface area contributed by atoms with Crippen molar-refractivity contribution in [2.45, 2.75) is 117 Å². The second kappa shape index (κ2) is 23.6. The van der Waals surface area contributed by atoms with Crippen LogP contribution in [0.25, 0.3) is 0 Å². The summed E-state index contributed by atoms with van der Waals surface area (Å²) < 4.78 is 13.4. The van der Waals surface area contributed by atoms with E-state index in [1.807, 2.05) is 35.9 Å². The second-order valence-electron chi connectivity index (χ2n) is 12.0. The molecular weight excluding hydrogens is 723 g/mol. The zero-order chi connectivity index (χ0) is 33.0. The van der Waals surface area contributed by atoms with Crippen LogP contribution in [0, 0.1) is 0 Å². The molecule has 8 heteroatoms. The molecule has 0 fully saturated rings. The highest BCUT2D eigenvalue weighted by atomic mass is 127. The molecule has 0 atom stereocenters. The van der Waals surface area contributed by atoms with Crippen LogP contribution < -0.4 is 38.0 Å². The van der Waals surface area contributed by atoms with Crippen LogP contribution in [0.4, 0.5) is 0 Å². The first-order valence-electron chi connectivity index (χ1n) is 17.4. The SMILES string of the molecule is CCCCCCCCCCCCCCCCOc1ccc(C(=O)N(Cc2cccc[n+]2CC)C(=O)c2ccccc2OC)cc1Cl.[I-]. The van der Waals surface area contributed by atoms with Crippen LogP contribution in [0.1, 0.15) is 130 Å². The number of rotatable bonds is 22. The number of carbonyl (C=O) groups is 2. The van der Waals surface area contributed by atoms with Gasteiger partial charge in [-0.3, -0.25) is 14.5 Å². The molecule has 0 saturated heterocycles. The summed E-state index contributed by atoms with van der Waals surface area (Å²) in [6.07, 6.45) is 20.2. The highest BCUT2D eigenvalue weighted by molar-refractivity contribution is 6.32. The van der Waals surface area contributed by atoms with E-state index in [1.54, 1.807) is 42.5 Å². The first kappa shape index (κ1) is 40.5. The van der Waals surface area contributed by atoms with Crippen molar-refractivity contribution >= 4 is 23.4 Å². The van der Waals surface area contributed by atoms with Gasteiger partial charge in [0.15, 0.2) is 6.20 Å². The molecule has 2 amide bonds. The summed E-state index contributed by atoms with van der Waals surface area (Å²) in [5, 5.41) is 0.351. The Labute approximate surface area is 305 Å². The summed E-state index contributed by atoms with van der Waals surface area (Å²) in [6, 6.07) is 17.7. The molecule has 0 aliphatic heterocycles. The first-order chi connectivity index (χ1) is 22.5. The number of hydrogen-bond donors (Lipinski definition) is 0. The fourth-order valence-electron chi connectivity index (χ4n) is 5.71. The highest BCUT2D eigenvalue weighted by Gasteiger charge is 2.29. The molecule has 0 saturated carbocycles. The van der Waals surface area contributed by atoms with Crippen LogP contribution in [-0.4, -0.2) is 30.4 Å². The average molecular weight is 777 g/mol. The molecule has 1 aromatic heterocycles. The number of carbonyl (C=O) groups excluding carboxylic acids is 2. The van der Waals surface area contributed by atoms with Gasteiger partial charge in [-0.1, -0.05) is 120 Å². The number of halogens is 2. The Morgan fingerprint density at radius 1 is 0.723 bits per heavy atom. The summed E-state index contributed by atoms with van der Waals surface area (Å²) in [7, 11) is 1.51. The lowest BCUT2D eigenvalue weighted by Gasteiger charge is -2.21. The molecule has 0 N–H and O–H groups in total. The van der Waals surface area contributed by atoms with Gasteiger partial charge in [0.1, 0.15) is 24.6 Å². The topological polar surface area (TPSA) is 59.7 Å². The Morgan fingerprint density at radius 2 is 1.32 bits per heavy atom. The van der Waals surface area contributed by atoms with E-state index >= 15 is 0 Å². The number of pyridine rings is 1. The number of unbranched alkanes of at least 4 members (excludes halogenated alkanes) is 13. The Balaban J connectivity index is 0.00000768. The number of aromatic nitrogens is 1. The number of para-hydroxylation sites is 1. The van der Waals surface area contributed by atoms with Crippen LogP contribution in [0.15, 0.2) is 66.9 Å². The van der Waals surface area contributed by atoms with E-state index in [0.29, 0.717) is 40.8 Å². The highest BCUT2D eigenvalue weighted by Crippen LogP contribution is 2.28. The van der Waals surface area contributed by atoms with Crippen LogP contribution in [0.5, 0.6) is 11.5 Å². The largest absolute Gasteiger partial charge is 1.00 e. The third-order valence-electron chi connectivity index (χ3n) is 8.46. The van der Waals surface area contributed by atoms with E-state index in [9.17, 15) is 9.59 Å². The fourth-order valence-corrected chi connectivity index (χ4v) is 5.95. The first-order valence-corrected chi connectivity index (χ1v) is 17.8. The van der Waals surface area contributed by atoms with Gasteiger partial charge in [-0.25, -0.2) is 4.57 Å². The summed E-state index contributed by atoms with van der Waals surface area (Å²) in [5.41, 5.74) is 1.47. The number of nitrogens with zero attached hydrogens (tertiary/aromatic N) is 2. The molecule has 6 nitrogen and oxygen atoms in total. The fraction of sp³-hybridized carbons (Fsp3) is 0.513. The van der Waals surface area contributed by atoms with Crippen molar-refractivity contribution in [3.63, 3.8) is 0 Å². The van der Waals surface area contributed by atoms with Crippen LogP contribution in [-0.2, 0) is 13.1 Å². The number of benzene rings is 2. The number of imide groups is 1. The van der Waals surface area contributed by atoms with Gasteiger partial charge in [0, 0.05) is 17.7 Å². The minimum atomic E-state index is -0.442. The Bertz CT molecular complexity index is 1350. The number of hydrogen-bond acceptors (Lipinski definition) is 4. The molecule has 3 rings (SSSR count). The molecular formula is C39H54ClIN2O4. The summed E-state index contributed by atoms with van der Waals surface area (Å²) in [4.78, 5) is 29.0. The number of amides is 2. The molecule has 1 heterocycles. The van der Waals surface area contributed by atoms with E-state index in [-0.39, 0.29) is 30.5 Å². The van der Waals surface area contributed by atoms with E-state index in [1.165, 1.54) is 89.1 Å². The van der Waals surface area contributed by atoms with Gasteiger partial charge in [-0.05, 0) is 43.7 Å². The molecule has 0 radical (unpaired) electrons. The maximum atomic E-state index is 13.9. The van der Waals surface area contributed by atoms with Crippen LogP contribution in [0.3, 0.4) is 0 Å². The van der Waals surface area contributed by atoms with Gasteiger partial charge in [0.25, 0.3) is 11.8 Å². The van der Waals surface area contributed by atoms with Gasteiger partial charge >= 0.3 is 0 Å². The predicted molar refractivity (Wildman–Crippen MR) is 187 cm³/mol. The van der Waals surface area contributed by atoms with E-state index in [0.717, 1.165) is 18.5 Å². The van der Waals surface area contributed by atoms with Crippen molar-refractivity contribution in [3.05, 3.63) is 88.7 Å². The predicted octanol–water partition coefficient (Wildman–Crippen LogP) is 7.00. The average Bonchev–Trinajstić information content (AvgIpc) is 3.09. The van der Waals surface area contributed by atoms with Gasteiger partial charge in [0.2, 0.25) is 5.69 Å². The van der Waals surface area contributed by atoms with Crippen LogP contribution in [0.2, 0.25) is 5.02 Å². The third kappa shape index (κ3) is 13.8. The van der Waals surface area contributed by atoms with Crippen molar-refractivity contribution in [1.29, 1.82) is 0 Å². The molecule has 0 aliphatic carbocycles. The molecule has 2 aromatic carbocycles. The van der Waals surface area contributed by atoms with Crippen molar-refractivity contribution in [3.8, 4) is 11.5 Å². The lowest BCUT2D eigenvalue weighted by atomic mass is 10.0. The summed E-state index contributed by atoms with van der Waals surface area (Å²) in [5.74, 6) is 0.0699. The van der Waals surface area contributed by atoms with E-state index in [4.69, 9.17) is 21.1 Å². The quantitative estimate of drug-likeness (QED) is 0.0478. The van der Waals surface area contributed by atoms with Crippen LogP contribution >= 0.6 is 11.6 Å². The Morgan fingerprint density at radius 3 is 1.91 bits per heavy atom. The summed E-state index contributed by atoms with van der Waals surface area (Å²) >= 11 is 6.59. The van der Waals surface area contributed by atoms with Gasteiger partial charge in [0.05, 0.1) is 24.3 Å². The standard InChI is InChI=1S/C39H54ClN2O4.HI/c1-4-6-7-8-9-10-11-12-13-14-15-16-17-22-29-46-37-27-26-32(30-35(37)40)38(43)42(31-33-23-20-21-28-41(33)5-2)39(44)34-24-18-19-25-36(34)45-3;/h18-21,23-28,30H,4-17,22,29,31H2,1-3H3;1H/q+1;/p-1. The lowest BCUT2D eigenvalue weighted by molar-refractivity contribution is -0.701. The zero-order valence-corrected chi connectivity index (χ0v) is 31.6. The van der Waals surface area contributed by atoms with E-state index in [2.05, 4.69) is 6.92 Å². The lowest BCUT2D eigenvalue weighted by Crippen LogP contribution is -3.00. The Hall–Kier alpha value is -2.65. The van der Waals surface area contributed by atoms with Gasteiger partial charge in [-0.15, -0.1) is 0 Å².